The molecule has 1 aromatic rings. The highest BCUT2D eigenvalue weighted by Gasteiger charge is 2.01. The molecule has 0 heterocycles. The molecule has 0 aromatic heterocycles. The van der Waals surface area contributed by atoms with E-state index in [1.165, 1.54) is 0 Å². The molecule has 0 saturated carbocycles. The van der Waals surface area contributed by atoms with Crippen LogP contribution in [-0.2, 0) is 21.4 Å². The molecule has 2 N–H and O–H groups in total. The molecule has 0 fully saturated rings. The molecule has 1 rings (SSSR count). The largest absolute Gasteiger partial charge is 0.377 e. The number of halogens is 1. The Kier molecular flexibility index (Phi) is 6.63. The second kappa shape index (κ2) is 7.74. The van der Waals surface area contributed by atoms with E-state index < -0.39 is 10.0 Å². The minimum Gasteiger partial charge on any atom is -0.377 e. The van der Waals surface area contributed by atoms with Crippen LogP contribution < -0.4 is 5.14 Å². The monoisotopic (exact) mass is 291 g/mol. The van der Waals surface area contributed by atoms with Gasteiger partial charge in [0.1, 0.15) is 0 Å². The number of ether oxygens (including phenoxy) is 1. The molecule has 0 unspecified atom stereocenters. The standard InChI is InChI=1S/C12H18ClNO3S/c13-12-6-4-11(5-7-12)10-17-8-2-1-3-9-18(14,15)16/h4-7H,1-3,8-10H2,(H2,14,15,16). The van der Waals surface area contributed by atoms with Gasteiger partial charge in [-0.1, -0.05) is 30.2 Å². The van der Waals surface area contributed by atoms with Gasteiger partial charge in [-0.3, -0.25) is 0 Å². The van der Waals surface area contributed by atoms with Gasteiger partial charge >= 0.3 is 0 Å². The van der Waals surface area contributed by atoms with Crippen molar-refractivity contribution in [2.75, 3.05) is 12.4 Å². The molecule has 102 valence electrons. The van der Waals surface area contributed by atoms with E-state index in [4.69, 9.17) is 21.5 Å². The third kappa shape index (κ3) is 7.66. The maximum Gasteiger partial charge on any atom is 0.209 e. The van der Waals surface area contributed by atoms with Crippen molar-refractivity contribution >= 4 is 21.6 Å². The summed E-state index contributed by atoms with van der Waals surface area (Å²) in [6.45, 7) is 1.17. The molecule has 0 aliphatic carbocycles. The van der Waals surface area contributed by atoms with Gasteiger partial charge < -0.3 is 4.74 Å². The molecule has 4 nitrogen and oxygen atoms in total. The van der Waals surface area contributed by atoms with Crippen molar-refractivity contribution in [2.24, 2.45) is 5.14 Å². The maximum absolute atomic E-state index is 10.7. The summed E-state index contributed by atoms with van der Waals surface area (Å²) in [5.41, 5.74) is 1.07. The summed E-state index contributed by atoms with van der Waals surface area (Å²) in [6, 6.07) is 7.49. The molecule has 0 amide bonds. The highest BCUT2D eigenvalue weighted by Crippen LogP contribution is 2.10. The van der Waals surface area contributed by atoms with E-state index in [1.807, 2.05) is 24.3 Å². The molecule has 0 aliphatic rings. The van der Waals surface area contributed by atoms with E-state index in [0.717, 1.165) is 18.4 Å². The number of hydrogen-bond donors (Lipinski definition) is 1. The van der Waals surface area contributed by atoms with Crippen molar-refractivity contribution in [2.45, 2.75) is 25.9 Å². The molecule has 0 spiro atoms. The Bertz CT molecular complexity index is 445. The summed E-state index contributed by atoms with van der Waals surface area (Å²) >= 11 is 5.77. The average molecular weight is 292 g/mol. The molecule has 0 aliphatic heterocycles. The highest BCUT2D eigenvalue weighted by molar-refractivity contribution is 7.89. The lowest BCUT2D eigenvalue weighted by molar-refractivity contribution is 0.117. The van der Waals surface area contributed by atoms with E-state index in [-0.39, 0.29) is 5.75 Å². The first-order valence-electron chi connectivity index (χ1n) is 5.80. The fourth-order valence-corrected chi connectivity index (χ4v) is 2.19. The predicted octanol–water partition coefficient (Wildman–Crippen LogP) is 2.32. The fourth-order valence-electron chi connectivity index (χ4n) is 1.45. The molecule has 18 heavy (non-hydrogen) atoms. The van der Waals surface area contributed by atoms with Crippen LogP contribution in [0, 0.1) is 0 Å². The second-order valence-electron chi connectivity index (χ2n) is 4.11. The van der Waals surface area contributed by atoms with Crippen LogP contribution >= 0.6 is 11.6 Å². The number of hydrogen-bond acceptors (Lipinski definition) is 3. The number of unbranched alkanes of at least 4 members (excludes halogenated alkanes) is 2. The molecule has 0 radical (unpaired) electrons. The zero-order valence-corrected chi connectivity index (χ0v) is 11.7. The molecular formula is C12H18ClNO3S. The van der Waals surface area contributed by atoms with E-state index in [0.29, 0.717) is 24.7 Å². The molecule has 0 saturated heterocycles. The Morgan fingerprint density at radius 2 is 1.78 bits per heavy atom. The number of sulfonamides is 1. The Morgan fingerprint density at radius 1 is 1.11 bits per heavy atom. The van der Waals surface area contributed by atoms with Gasteiger partial charge in [-0.15, -0.1) is 0 Å². The first-order chi connectivity index (χ1) is 8.47. The lowest BCUT2D eigenvalue weighted by Crippen LogP contribution is -2.16. The van der Waals surface area contributed by atoms with Crippen LogP contribution in [-0.4, -0.2) is 20.8 Å². The van der Waals surface area contributed by atoms with Gasteiger partial charge in [-0.25, -0.2) is 13.6 Å². The normalized spacial score (nSPS) is 11.7. The first kappa shape index (κ1) is 15.4. The average Bonchev–Trinajstić information content (AvgIpc) is 2.29. The number of primary sulfonamides is 1. The van der Waals surface area contributed by atoms with Crippen LogP contribution in [0.25, 0.3) is 0 Å². The van der Waals surface area contributed by atoms with E-state index in [1.54, 1.807) is 0 Å². The molecule has 1 aromatic carbocycles. The van der Waals surface area contributed by atoms with Gasteiger partial charge in [0.15, 0.2) is 0 Å². The third-order valence-corrected chi connectivity index (χ3v) is 3.51. The van der Waals surface area contributed by atoms with Gasteiger partial charge in [0.25, 0.3) is 0 Å². The lowest BCUT2D eigenvalue weighted by Gasteiger charge is -2.04. The minimum absolute atomic E-state index is 0.0458. The summed E-state index contributed by atoms with van der Waals surface area (Å²) in [6.07, 6.45) is 2.23. The van der Waals surface area contributed by atoms with Crippen LogP contribution in [0.2, 0.25) is 5.02 Å². The Morgan fingerprint density at radius 3 is 2.39 bits per heavy atom. The Hall–Kier alpha value is -0.620. The number of benzene rings is 1. The van der Waals surface area contributed by atoms with E-state index >= 15 is 0 Å². The second-order valence-corrected chi connectivity index (χ2v) is 6.28. The Balaban J connectivity index is 2.04. The molecule has 6 heteroatoms. The van der Waals surface area contributed by atoms with Crippen LogP contribution in [0.1, 0.15) is 24.8 Å². The van der Waals surface area contributed by atoms with Gasteiger partial charge in [0, 0.05) is 11.6 Å². The van der Waals surface area contributed by atoms with Crippen molar-refractivity contribution in [3.8, 4) is 0 Å². The van der Waals surface area contributed by atoms with Gasteiger partial charge in [-0.2, -0.15) is 0 Å². The van der Waals surface area contributed by atoms with Crippen LogP contribution in [0.4, 0.5) is 0 Å². The molecular weight excluding hydrogens is 274 g/mol. The fraction of sp³-hybridized carbons (Fsp3) is 0.500. The van der Waals surface area contributed by atoms with Crippen molar-refractivity contribution in [3.05, 3.63) is 34.9 Å². The zero-order chi connectivity index (χ0) is 13.4. The van der Waals surface area contributed by atoms with E-state index in [2.05, 4.69) is 0 Å². The van der Waals surface area contributed by atoms with Crippen molar-refractivity contribution in [1.82, 2.24) is 0 Å². The Labute approximate surface area is 113 Å². The van der Waals surface area contributed by atoms with Crippen LogP contribution in [0.15, 0.2) is 24.3 Å². The van der Waals surface area contributed by atoms with Crippen LogP contribution in [0.3, 0.4) is 0 Å². The summed E-state index contributed by atoms with van der Waals surface area (Å²) in [5, 5.41) is 5.60. The quantitative estimate of drug-likeness (QED) is 0.747. The number of nitrogens with two attached hydrogens (primary N) is 1. The summed E-state index contributed by atoms with van der Waals surface area (Å²) in [7, 11) is -3.32. The molecule has 0 atom stereocenters. The SMILES string of the molecule is NS(=O)(=O)CCCCCOCc1ccc(Cl)cc1. The predicted molar refractivity (Wildman–Crippen MR) is 72.9 cm³/mol. The smallest absolute Gasteiger partial charge is 0.209 e. The summed E-state index contributed by atoms with van der Waals surface area (Å²) in [5.74, 6) is 0.0458. The van der Waals surface area contributed by atoms with E-state index in [9.17, 15) is 8.42 Å². The maximum atomic E-state index is 10.7. The third-order valence-electron chi connectivity index (χ3n) is 2.40. The highest BCUT2D eigenvalue weighted by atomic mass is 35.5. The summed E-state index contributed by atoms with van der Waals surface area (Å²) < 4.78 is 26.8. The zero-order valence-electron chi connectivity index (χ0n) is 10.1. The first-order valence-corrected chi connectivity index (χ1v) is 7.89. The van der Waals surface area contributed by atoms with Crippen molar-refractivity contribution < 1.29 is 13.2 Å². The number of rotatable bonds is 8. The van der Waals surface area contributed by atoms with Crippen molar-refractivity contribution in [1.29, 1.82) is 0 Å². The van der Waals surface area contributed by atoms with Crippen LogP contribution in [0.5, 0.6) is 0 Å². The van der Waals surface area contributed by atoms with Gasteiger partial charge in [0.2, 0.25) is 10.0 Å². The van der Waals surface area contributed by atoms with Crippen molar-refractivity contribution in [3.63, 3.8) is 0 Å². The van der Waals surface area contributed by atoms with Gasteiger partial charge in [-0.05, 0) is 30.5 Å². The topological polar surface area (TPSA) is 69.4 Å². The summed E-state index contributed by atoms with van der Waals surface area (Å²) in [4.78, 5) is 0. The molecule has 0 bridgehead atoms. The minimum atomic E-state index is -3.32. The lowest BCUT2D eigenvalue weighted by atomic mass is 10.2. The van der Waals surface area contributed by atoms with Gasteiger partial charge in [0.05, 0.1) is 12.4 Å².